The topological polar surface area (TPSA) is 29.1 Å². The lowest BCUT2D eigenvalue weighted by Gasteiger charge is -2.06. The molecule has 0 atom stereocenters. The zero-order valence-corrected chi connectivity index (χ0v) is 10.6. The highest BCUT2D eigenvalue weighted by atomic mass is 35.5. The Morgan fingerprint density at radius 1 is 1.11 bits per heavy atom. The van der Waals surface area contributed by atoms with Gasteiger partial charge in [-0.05, 0) is 36.4 Å². The molecular formula is C13H8Cl2FNO. The first-order valence-electron chi connectivity index (χ1n) is 5.08. The van der Waals surface area contributed by atoms with E-state index in [0.717, 1.165) is 0 Å². The zero-order chi connectivity index (χ0) is 13.1. The summed E-state index contributed by atoms with van der Waals surface area (Å²) in [5.41, 5.74) is 0.842. The summed E-state index contributed by atoms with van der Waals surface area (Å²) in [6, 6.07) is 10.5. The smallest absolute Gasteiger partial charge is 0.255 e. The van der Waals surface area contributed by atoms with Crippen molar-refractivity contribution in [2.75, 3.05) is 5.32 Å². The molecule has 0 fully saturated rings. The van der Waals surface area contributed by atoms with E-state index in [4.69, 9.17) is 23.2 Å². The molecule has 0 heterocycles. The summed E-state index contributed by atoms with van der Waals surface area (Å²) >= 11 is 11.4. The molecule has 2 aromatic carbocycles. The third-order valence-corrected chi connectivity index (χ3v) is 2.79. The first-order valence-corrected chi connectivity index (χ1v) is 5.84. The third-order valence-electron chi connectivity index (χ3n) is 2.26. The van der Waals surface area contributed by atoms with E-state index in [2.05, 4.69) is 5.32 Å². The molecule has 2 aromatic rings. The minimum Gasteiger partial charge on any atom is -0.322 e. The molecule has 5 heteroatoms. The van der Waals surface area contributed by atoms with Crippen LogP contribution in [-0.2, 0) is 0 Å². The fraction of sp³-hybridized carbons (Fsp3) is 0. The molecule has 0 saturated heterocycles. The summed E-state index contributed by atoms with van der Waals surface area (Å²) in [6.45, 7) is 0. The predicted molar refractivity (Wildman–Crippen MR) is 70.8 cm³/mol. The molecule has 0 spiro atoms. The maximum absolute atomic E-state index is 12.9. The normalized spacial score (nSPS) is 10.2. The van der Waals surface area contributed by atoms with Gasteiger partial charge < -0.3 is 5.32 Å². The van der Waals surface area contributed by atoms with Gasteiger partial charge in [-0.15, -0.1) is 0 Å². The van der Waals surface area contributed by atoms with Gasteiger partial charge in [0, 0.05) is 16.3 Å². The van der Waals surface area contributed by atoms with Gasteiger partial charge in [0.05, 0.1) is 5.02 Å². The van der Waals surface area contributed by atoms with Crippen molar-refractivity contribution in [2.45, 2.75) is 0 Å². The number of carbonyl (C=O) groups is 1. The lowest BCUT2D eigenvalue weighted by atomic mass is 10.2. The molecule has 1 N–H and O–H groups in total. The summed E-state index contributed by atoms with van der Waals surface area (Å²) in [5.74, 6) is -0.863. The van der Waals surface area contributed by atoms with Crippen LogP contribution in [0.5, 0.6) is 0 Å². The number of carbonyl (C=O) groups excluding carboxylic acids is 1. The van der Waals surface area contributed by atoms with Gasteiger partial charge in [0.25, 0.3) is 5.91 Å². The fourth-order valence-corrected chi connectivity index (χ4v) is 1.78. The van der Waals surface area contributed by atoms with Crippen LogP contribution < -0.4 is 5.32 Å². The van der Waals surface area contributed by atoms with Crippen molar-refractivity contribution in [3.63, 3.8) is 0 Å². The number of hydrogen-bond donors (Lipinski definition) is 1. The number of halogens is 3. The number of anilines is 1. The predicted octanol–water partition coefficient (Wildman–Crippen LogP) is 4.38. The average Bonchev–Trinajstić information content (AvgIpc) is 2.34. The Bertz CT molecular complexity index is 601. The molecule has 0 unspecified atom stereocenters. The van der Waals surface area contributed by atoms with E-state index in [1.807, 2.05) is 0 Å². The van der Waals surface area contributed by atoms with Gasteiger partial charge in [0.2, 0.25) is 0 Å². The van der Waals surface area contributed by atoms with E-state index in [9.17, 15) is 9.18 Å². The van der Waals surface area contributed by atoms with Crippen molar-refractivity contribution in [3.8, 4) is 0 Å². The van der Waals surface area contributed by atoms with E-state index in [1.165, 1.54) is 18.2 Å². The molecule has 0 bridgehead atoms. The monoisotopic (exact) mass is 283 g/mol. The van der Waals surface area contributed by atoms with Gasteiger partial charge in [0.1, 0.15) is 5.82 Å². The first kappa shape index (κ1) is 12.9. The second kappa shape index (κ2) is 5.38. The van der Waals surface area contributed by atoms with Crippen molar-refractivity contribution in [1.82, 2.24) is 0 Å². The molecule has 92 valence electrons. The van der Waals surface area contributed by atoms with Crippen LogP contribution in [0.4, 0.5) is 10.1 Å². The number of hydrogen-bond acceptors (Lipinski definition) is 1. The van der Waals surface area contributed by atoms with Crippen molar-refractivity contribution in [2.24, 2.45) is 0 Å². The summed E-state index contributed by atoms with van der Waals surface area (Å²) in [7, 11) is 0. The number of rotatable bonds is 2. The molecule has 0 saturated carbocycles. The van der Waals surface area contributed by atoms with Crippen LogP contribution in [-0.4, -0.2) is 5.91 Å². The van der Waals surface area contributed by atoms with Crippen molar-refractivity contribution >= 4 is 34.8 Å². The molecule has 0 aliphatic heterocycles. The quantitative estimate of drug-likeness (QED) is 0.870. The highest BCUT2D eigenvalue weighted by Gasteiger charge is 2.07. The van der Waals surface area contributed by atoms with E-state index in [-0.39, 0.29) is 10.9 Å². The Hall–Kier alpha value is -1.58. The van der Waals surface area contributed by atoms with Gasteiger partial charge in [-0.1, -0.05) is 29.3 Å². The van der Waals surface area contributed by atoms with E-state index >= 15 is 0 Å². The first-order chi connectivity index (χ1) is 8.56. The summed E-state index contributed by atoms with van der Waals surface area (Å²) < 4.78 is 12.9. The van der Waals surface area contributed by atoms with Gasteiger partial charge in [-0.2, -0.15) is 0 Å². The second-order valence-electron chi connectivity index (χ2n) is 3.59. The lowest BCUT2D eigenvalue weighted by molar-refractivity contribution is 0.102. The summed E-state index contributed by atoms with van der Waals surface area (Å²) in [4.78, 5) is 11.9. The Kier molecular flexibility index (Phi) is 3.84. The second-order valence-corrected chi connectivity index (χ2v) is 4.44. The van der Waals surface area contributed by atoms with Gasteiger partial charge in [0.15, 0.2) is 0 Å². The van der Waals surface area contributed by atoms with Crippen LogP contribution >= 0.6 is 23.2 Å². The minimum atomic E-state index is -0.530. The maximum Gasteiger partial charge on any atom is 0.255 e. The lowest BCUT2D eigenvalue weighted by Crippen LogP contribution is -2.11. The fourth-order valence-electron chi connectivity index (χ4n) is 1.41. The largest absolute Gasteiger partial charge is 0.322 e. The molecule has 2 rings (SSSR count). The number of benzene rings is 2. The van der Waals surface area contributed by atoms with Gasteiger partial charge in [-0.25, -0.2) is 4.39 Å². The van der Waals surface area contributed by atoms with Gasteiger partial charge >= 0.3 is 0 Å². The molecular weight excluding hydrogens is 276 g/mol. The van der Waals surface area contributed by atoms with E-state index in [0.29, 0.717) is 16.3 Å². The minimum absolute atomic E-state index is 0.0427. The molecule has 0 aliphatic rings. The van der Waals surface area contributed by atoms with Crippen molar-refractivity contribution in [3.05, 3.63) is 63.9 Å². The Morgan fingerprint density at radius 2 is 1.89 bits per heavy atom. The van der Waals surface area contributed by atoms with Gasteiger partial charge in [-0.3, -0.25) is 4.79 Å². The Morgan fingerprint density at radius 3 is 2.56 bits per heavy atom. The van der Waals surface area contributed by atoms with Crippen molar-refractivity contribution < 1.29 is 9.18 Å². The maximum atomic E-state index is 12.9. The van der Waals surface area contributed by atoms with E-state index < -0.39 is 5.82 Å². The molecule has 18 heavy (non-hydrogen) atoms. The van der Waals surface area contributed by atoms with Crippen LogP contribution in [0, 0.1) is 5.82 Å². The highest BCUT2D eigenvalue weighted by Crippen LogP contribution is 2.20. The summed E-state index contributed by atoms with van der Waals surface area (Å²) in [6.07, 6.45) is 0. The average molecular weight is 284 g/mol. The third kappa shape index (κ3) is 3.00. The Balaban J connectivity index is 2.18. The molecule has 2 nitrogen and oxygen atoms in total. The van der Waals surface area contributed by atoms with Crippen LogP contribution in [0.25, 0.3) is 0 Å². The van der Waals surface area contributed by atoms with Crippen LogP contribution in [0.2, 0.25) is 10.0 Å². The SMILES string of the molecule is O=C(Nc1ccc(F)c(Cl)c1)c1cccc(Cl)c1. The number of amides is 1. The highest BCUT2D eigenvalue weighted by molar-refractivity contribution is 6.31. The van der Waals surface area contributed by atoms with Crippen molar-refractivity contribution in [1.29, 1.82) is 0 Å². The van der Waals surface area contributed by atoms with E-state index in [1.54, 1.807) is 24.3 Å². The standard InChI is InChI=1S/C13H8Cl2FNO/c14-9-3-1-2-8(6-9)13(18)17-10-4-5-12(16)11(15)7-10/h1-7H,(H,17,18). The van der Waals surface area contributed by atoms with Crippen LogP contribution in [0.3, 0.4) is 0 Å². The molecule has 1 amide bonds. The summed E-state index contributed by atoms with van der Waals surface area (Å²) in [5, 5.41) is 3.03. The van der Waals surface area contributed by atoms with Crippen LogP contribution in [0.15, 0.2) is 42.5 Å². The molecule has 0 aliphatic carbocycles. The van der Waals surface area contributed by atoms with Crippen LogP contribution in [0.1, 0.15) is 10.4 Å². The Labute approximate surface area is 113 Å². The zero-order valence-electron chi connectivity index (χ0n) is 9.08. The number of nitrogens with one attached hydrogen (secondary N) is 1. The molecule has 0 radical (unpaired) electrons. The molecule has 0 aromatic heterocycles.